The summed E-state index contributed by atoms with van der Waals surface area (Å²) in [6, 6.07) is 18.5. The molecule has 0 fully saturated rings. The van der Waals surface area contributed by atoms with Gasteiger partial charge in [0, 0.05) is 56.1 Å². The Morgan fingerprint density at radius 1 is 0.604 bits per heavy atom. The Kier molecular flexibility index (Phi) is 12.4. The molecular formula is C36H44Cl2N4O4S2. The van der Waals surface area contributed by atoms with E-state index in [4.69, 9.17) is 42.6 Å². The number of halogens is 2. The zero-order valence-electron chi connectivity index (χ0n) is 29.0. The number of nitrogens with zero attached hydrogens (tertiary/aromatic N) is 2. The van der Waals surface area contributed by atoms with Crippen LogP contribution >= 0.6 is 23.2 Å². The molecular weight excluding hydrogens is 687 g/mol. The third kappa shape index (κ3) is 8.60. The summed E-state index contributed by atoms with van der Waals surface area (Å²) in [5.74, 6) is 0.829. The first-order valence-electron chi connectivity index (χ1n) is 15.5. The molecule has 0 saturated carbocycles. The van der Waals surface area contributed by atoms with Gasteiger partial charge in [0.1, 0.15) is 9.49 Å². The van der Waals surface area contributed by atoms with Crippen molar-refractivity contribution in [1.82, 2.24) is 19.4 Å². The second kappa shape index (κ2) is 15.6. The molecule has 0 aliphatic rings. The summed E-state index contributed by atoms with van der Waals surface area (Å²) >= 11 is 11.6. The average molecular weight is 732 g/mol. The number of hydrogen-bond acceptors (Lipinski definition) is 8. The van der Waals surface area contributed by atoms with Gasteiger partial charge in [-0.15, -0.1) is 9.44 Å². The fraction of sp³-hybridized carbons (Fsp3) is 0.389. The zero-order valence-corrected chi connectivity index (χ0v) is 32.2. The molecule has 2 N–H and O–H groups in total. The van der Waals surface area contributed by atoms with Gasteiger partial charge in [0.2, 0.25) is 11.8 Å². The predicted octanol–water partition coefficient (Wildman–Crippen LogP) is 9.03. The van der Waals surface area contributed by atoms with E-state index < -0.39 is 32.2 Å². The number of benzene rings is 2. The van der Waals surface area contributed by atoms with Crippen molar-refractivity contribution in [3.8, 4) is 45.4 Å². The highest BCUT2D eigenvalue weighted by atomic mass is 35.5. The van der Waals surface area contributed by atoms with E-state index in [0.717, 1.165) is 22.3 Å². The fourth-order valence-corrected chi connectivity index (χ4v) is 7.12. The lowest BCUT2D eigenvalue weighted by Gasteiger charge is -2.27. The molecule has 2 heterocycles. The Morgan fingerprint density at radius 3 is 1.25 bits per heavy atom. The van der Waals surface area contributed by atoms with Gasteiger partial charge in [-0.2, -0.15) is 0 Å². The number of hydrogen-bond donors (Lipinski definition) is 2. The average Bonchev–Trinajstić information content (AvgIpc) is 3.03. The fourth-order valence-electron chi connectivity index (χ4n) is 4.87. The van der Waals surface area contributed by atoms with Crippen molar-refractivity contribution >= 4 is 45.9 Å². The molecule has 0 saturated heterocycles. The third-order valence-corrected chi connectivity index (χ3v) is 11.8. The molecule has 4 atom stereocenters. The van der Waals surface area contributed by atoms with Crippen LogP contribution in [-0.2, 0) is 22.7 Å². The van der Waals surface area contributed by atoms with E-state index >= 15 is 0 Å². The maximum atomic E-state index is 12.7. The van der Waals surface area contributed by atoms with E-state index in [-0.39, 0.29) is 12.1 Å². The summed E-state index contributed by atoms with van der Waals surface area (Å²) < 4.78 is 42.2. The Bertz CT molecular complexity index is 1620. The Labute approximate surface area is 301 Å². The summed E-state index contributed by atoms with van der Waals surface area (Å²) in [6.07, 6.45) is 0. The minimum atomic E-state index is -1.27. The highest BCUT2D eigenvalue weighted by Gasteiger charge is 2.31. The van der Waals surface area contributed by atoms with Crippen LogP contribution < -0.4 is 18.9 Å². The number of rotatable bonds is 11. The first-order chi connectivity index (χ1) is 22.5. The number of pyridine rings is 2. The van der Waals surface area contributed by atoms with Crippen molar-refractivity contribution in [3.63, 3.8) is 0 Å². The highest BCUT2D eigenvalue weighted by molar-refractivity contribution is 7.91. The minimum Gasteiger partial charge on any atom is -0.598 e. The summed E-state index contributed by atoms with van der Waals surface area (Å²) in [5.41, 5.74) is 5.68. The number of ether oxygens (including phenoxy) is 2. The van der Waals surface area contributed by atoms with Crippen LogP contribution in [0.2, 0.25) is 10.0 Å². The summed E-state index contributed by atoms with van der Waals surface area (Å²) in [7, 11) is 3.12. The van der Waals surface area contributed by atoms with Gasteiger partial charge >= 0.3 is 0 Å². The lowest BCUT2D eigenvalue weighted by atomic mass is 9.97. The second-order valence-corrected chi connectivity index (χ2v) is 18.1. The van der Waals surface area contributed by atoms with Crippen LogP contribution in [-0.4, -0.2) is 42.8 Å². The van der Waals surface area contributed by atoms with Crippen LogP contribution in [0.25, 0.3) is 33.6 Å². The van der Waals surface area contributed by atoms with Crippen LogP contribution in [0.5, 0.6) is 11.8 Å². The third-order valence-electron chi connectivity index (χ3n) is 7.62. The quantitative estimate of drug-likeness (QED) is 0.147. The first-order valence-corrected chi connectivity index (χ1v) is 18.6. The van der Waals surface area contributed by atoms with Gasteiger partial charge in [0.05, 0.1) is 47.7 Å². The maximum Gasteiger partial charge on any atom is 0.218 e. The summed E-state index contributed by atoms with van der Waals surface area (Å²) in [4.78, 5) is 9.56. The van der Waals surface area contributed by atoms with E-state index in [1.807, 2.05) is 116 Å². The normalized spacial score (nSPS) is 14.7. The molecule has 0 spiro atoms. The molecule has 8 nitrogen and oxygen atoms in total. The molecule has 0 unspecified atom stereocenters. The number of nitrogens with one attached hydrogen (secondary N) is 2. The van der Waals surface area contributed by atoms with Gasteiger partial charge in [-0.3, -0.25) is 0 Å². The van der Waals surface area contributed by atoms with E-state index in [0.29, 0.717) is 44.3 Å². The molecule has 2 aromatic carbocycles. The molecule has 12 heteroatoms. The van der Waals surface area contributed by atoms with Gasteiger partial charge in [0.15, 0.2) is 0 Å². The van der Waals surface area contributed by atoms with Crippen LogP contribution in [0.1, 0.15) is 78.6 Å². The minimum absolute atomic E-state index is 0.266. The summed E-state index contributed by atoms with van der Waals surface area (Å²) in [6.45, 7) is 15.4. The predicted molar refractivity (Wildman–Crippen MR) is 200 cm³/mol. The monoisotopic (exact) mass is 730 g/mol. The van der Waals surface area contributed by atoms with E-state index in [9.17, 15) is 9.11 Å². The van der Waals surface area contributed by atoms with E-state index in [1.54, 1.807) is 14.2 Å². The van der Waals surface area contributed by atoms with Gasteiger partial charge in [-0.25, -0.2) is 9.97 Å². The molecule has 48 heavy (non-hydrogen) atoms. The van der Waals surface area contributed by atoms with Crippen molar-refractivity contribution in [3.05, 3.63) is 81.8 Å². The highest BCUT2D eigenvalue weighted by Crippen LogP contribution is 2.43. The molecule has 0 amide bonds. The van der Waals surface area contributed by atoms with Gasteiger partial charge < -0.3 is 18.6 Å². The Morgan fingerprint density at radius 2 is 0.938 bits per heavy atom. The van der Waals surface area contributed by atoms with E-state index in [2.05, 4.69) is 9.44 Å². The summed E-state index contributed by atoms with van der Waals surface area (Å²) in [5, 5.41) is 0.956. The maximum absolute atomic E-state index is 12.7. The SMILES string of the molecule is COc1nc(-c2cccc(-c3cccc(-c4ccc([C@H](C)N[S@+]([O-])C(C)(C)C)c(OC)n4)c3Cl)c2Cl)ccc1[C@H](C)N[S@+]([O-])C(C)(C)C. The van der Waals surface area contributed by atoms with Crippen molar-refractivity contribution < 1.29 is 18.6 Å². The van der Waals surface area contributed by atoms with Crippen LogP contribution in [0.15, 0.2) is 60.7 Å². The van der Waals surface area contributed by atoms with Crippen LogP contribution in [0.3, 0.4) is 0 Å². The number of aromatic nitrogens is 2. The smallest absolute Gasteiger partial charge is 0.218 e. The van der Waals surface area contributed by atoms with Crippen LogP contribution in [0.4, 0.5) is 0 Å². The van der Waals surface area contributed by atoms with E-state index in [1.165, 1.54) is 0 Å². The molecule has 2 aromatic heterocycles. The van der Waals surface area contributed by atoms with Crippen molar-refractivity contribution in [2.45, 2.75) is 77.0 Å². The topological polar surface area (TPSA) is 114 Å². The Balaban J connectivity index is 1.68. The lowest BCUT2D eigenvalue weighted by molar-refractivity contribution is 0.388. The molecule has 4 rings (SSSR count). The largest absolute Gasteiger partial charge is 0.598 e. The molecule has 0 aliphatic carbocycles. The van der Waals surface area contributed by atoms with Gasteiger partial charge in [-0.05, 0) is 79.7 Å². The molecule has 258 valence electrons. The molecule has 0 radical (unpaired) electrons. The van der Waals surface area contributed by atoms with Crippen molar-refractivity contribution in [2.24, 2.45) is 0 Å². The molecule has 0 bridgehead atoms. The van der Waals surface area contributed by atoms with Gasteiger partial charge in [-0.1, -0.05) is 59.6 Å². The van der Waals surface area contributed by atoms with Gasteiger partial charge in [0.25, 0.3) is 0 Å². The standard InChI is InChI=1S/C36H44Cl2N4O4S2/c1-21(41-47(43)35(3,4)5)23-17-19-29(39-33(23)45-9)27-15-11-13-25(31(27)37)26-14-12-16-28(32(26)38)30-20-18-24(34(40-30)46-10)22(2)42-48(44)36(6,7)8/h11-22,41-42H,1-10H3/t21-,22-,47+,48+/m0/s1. The Hall–Kier alpha value is -2.54. The van der Waals surface area contributed by atoms with Crippen molar-refractivity contribution in [1.29, 1.82) is 0 Å². The lowest BCUT2D eigenvalue weighted by Crippen LogP contribution is -2.40. The van der Waals surface area contributed by atoms with Crippen molar-refractivity contribution in [2.75, 3.05) is 14.2 Å². The first kappa shape index (κ1) is 38.3. The number of methoxy groups -OCH3 is 2. The molecule has 0 aliphatic heterocycles. The molecule has 4 aromatic rings. The van der Waals surface area contributed by atoms with Crippen LogP contribution in [0, 0.1) is 0 Å². The second-order valence-electron chi connectivity index (χ2n) is 13.4. The zero-order chi connectivity index (χ0) is 35.6.